The van der Waals surface area contributed by atoms with Crippen molar-refractivity contribution in [2.24, 2.45) is 11.8 Å². The molecule has 1 aromatic rings. The van der Waals surface area contributed by atoms with Gasteiger partial charge >= 0.3 is 6.18 Å². The normalized spacial score (nSPS) is 27.4. The summed E-state index contributed by atoms with van der Waals surface area (Å²) >= 11 is 3.15. The second kappa shape index (κ2) is 5.96. The van der Waals surface area contributed by atoms with Gasteiger partial charge in [-0.15, -0.1) is 0 Å². The van der Waals surface area contributed by atoms with Crippen LogP contribution in [-0.4, -0.2) is 6.04 Å². The average molecular weight is 350 g/mol. The summed E-state index contributed by atoms with van der Waals surface area (Å²) in [6.45, 7) is 4.39. The van der Waals surface area contributed by atoms with Crippen molar-refractivity contribution in [3.63, 3.8) is 0 Å². The molecule has 0 saturated heterocycles. The third-order valence-corrected chi connectivity index (χ3v) is 4.47. The first-order valence-corrected chi connectivity index (χ1v) is 7.69. The van der Waals surface area contributed by atoms with E-state index in [0.717, 1.165) is 25.3 Å². The zero-order chi connectivity index (χ0) is 14.9. The lowest BCUT2D eigenvalue weighted by Crippen LogP contribution is -2.33. The van der Waals surface area contributed by atoms with Crippen molar-refractivity contribution in [1.29, 1.82) is 0 Å². The van der Waals surface area contributed by atoms with E-state index in [1.54, 1.807) is 6.07 Å². The second-order valence-corrected chi connectivity index (χ2v) is 6.79. The van der Waals surface area contributed by atoms with Crippen LogP contribution in [0.15, 0.2) is 22.7 Å². The Labute approximate surface area is 126 Å². The summed E-state index contributed by atoms with van der Waals surface area (Å²) < 4.78 is 38.9. The summed E-state index contributed by atoms with van der Waals surface area (Å²) in [5.74, 6) is 1.18. The van der Waals surface area contributed by atoms with Gasteiger partial charge in [0.15, 0.2) is 0 Å². The lowest BCUT2D eigenvalue weighted by atomic mass is 9.80. The van der Waals surface area contributed by atoms with E-state index in [1.807, 2.05) is 0 Å². The zero-order valence-corrected chi connectivity index (χ0v) is 13.2. The van der Waals surface area contributed by atoms with Gasteiger partial charge in [-0.3, -0.25) is 0 Å². The van der Waals surface area contributed by atoms with Gasteiger partial charge in [0.25, 0.3) is 0 Å². The molecule has 0 aromatic heterocycles. The monoisotopic (exact) mass is 349 g/mol. The highest BCUT2D eigenvalue weighted by molar-refractivity contribution is 9.10. The summed E-state index contributed by atoms with van der Waals surface area (Å²) in [4.78, 5) is 0. The maximum atomic E-state index is 12.8. The van der Waals surface area contributed by atoms with Crippen molar-refractivity contribution in [3.8, 4) is 0 Å². The summed E-state index contributed by atoms with van der Waals surface area (Å²) in [6.07, 6.45) is -1.05. The molecule has 0 radical (unpaired) electrons. The van der Waals surface area contributed by atoms with Crippen LogP contribution in [0, 0.1) is 11.8 Å². The molecular formula is C15H19BrF3N. The molecule has 1 aromatic carbocycles. The van der Waals surface area contributed by atoms with Gasteiger partial charge in [-0.2, -0.15) is 13.2 Å². The van der Waals surface area contributed by atoms with Crippen LogP contribution in [0.3, 0.4) is 0 Å². The highest BCUT2D eigenvalue weighted by Crippen LogP contribution is 2.35. The van der Waals surface area contributed by atoms with Gasteiger partial charge in [0, 0.05) is 16.2 Å². The number of nitrogens with one attached hydrogen (secondary N) is 1. The number of hydrogen-bond donors (Lipinski definition) is 1. The van der Waals surface area contributed by atoms with Crippen LogP contribution in [0.2, 0.25) is 0 Å². The van der Waals surface area contributed by atoms with Crippen LogP contribution in [0.25, 0.3) is 0 Å². The molecule has 1 saturated carbocycles. The first-order chi connectivity index (χ1) is 9.25. The Morgan fingerprint density at radius 3 is 2.45 bits per heavy atom. The van der Waals surface area contributed by atoms with Gasteiger partial charge < -0.3 is 5.32 Å². The van der Waals surface area contributed by atoms with E-state index < -0.39 is 11.7 Å². The number of hydrogen-bond acceptors (Lipinski definition) is 1. The summed E-state index contributed by atoms with van der Waals surface area (Å²) in [7, 11) is 0. The maximum absolute atomic E-state index is 12.8. The fourth-order valence-corrected chi connectivity index (χ4v) is 3.42. The topological polar surface area (TPSA) is 12.0 Å². The quantitative estimate of drug-likeness (QED) is 0.721. The van der Waals surface area contributed by atoms with Crippen LogP contribution < -0.4 is 5.32 Å². The van der Waals surface area contributed by atoms with Crippen molar-refractivity contribution >= 4 is 21.6 Å². The second-order valence-electron chi connectivity index (χ2n) is 5.87. The van der Waals surface area contributed by atoms with E-state index in [-0.39, 0.29) is 6.04 Å². The fraction of sp³-hybridized carbons (Fsp3) is 0.600. The van der Waals surface area contributed by atoms with Gasteiger partial charge in [0.1, 0.15) is 0 Å². The van der Waals surface area contributed by atoms with Crippen LogP contribution in [-0.2, 0) is 6.18 Å². The molecule has 1 fully saturated rings. The minimum Gasteiger partial charge on any atom is -0.382 e. The third kappa shape index (κ3) is 3.90. The smallest absolute Gasteiger partial charge is 0.382 e. The highest BCUT2D eigenvalue weighted by atomic mass is 79.9. The Bertz CT molecular complexity index is 473. The van der Waals surface area contributed by atoms with E-state index in [1.165, 1.54) is 6.07 Å². The summed E-state index contributed by atoms with van der Waals surface area (Å²) in [5.41, 5.74) is -0.0793. The molecule has 0 bridgehead atoms. The SMILES string of the molecule is CC1CCC(Nc2cc(Br)cc(C(F)(F)F)c2)C(C)C1. The number of anilines is 1. The van der Waals surface area contributed by atoms with Crippen LogP contribution in [0.1, 0.15) is 38.7 Å². The molecule has 20 heavy (non-hydrogen) atoms. The van der Waals surface area contributed by atoms with Crippen molar-refractivity contribution < 1.29 is 13.2 Å². The first-order valence-electron chi connectivity index (χ1n) is 6.90. The maximum Gasteiger partial charge on any atom is 0.416 e. The molecule has 0 amide bonds. The predicted octanol–water partition coefficient (Wildman–Crippen LogP) is 5.70. The standard InChI is InChI=1S/C15H19BrF3N/c1-9-3-4-14(10(2)5-9)20-13-7-11(15(17,18)19)6-12(16)8-13/h6-10,14,20H,3-5H2,1-2H3. The van der Waals surface area contributed by atoms with Crippen molar-refractivity contribution in [3.05, 3.63) is 28.2 Å². The van der Waals surface area contributed by atoms with E-state index in [9.17, 15) is 13.2 Å². The van der Waals surface area contributed by atoms with Crippen LogP contribution >= 0.6 is 15.9 Å². The molecule has 3 unspecified atom stereocenters. The van der Waals surface area contributed by atoms with Crippen LogP contribution in [0.5, 0.6) is 0 Å². The molecular weight excluding hydrogens is 331 g/mol. The largest absolute Gasteiger partial charge is 0.416 e. The zero-order valence-electron chi connectivity index (χ0n) is 11.6. The van der Waals surface area contributed by atoms with Gasteiger partial charge in [0.2, 0.25) is 0 Å². The minimum absolute atomic E-state index is 0.251. The Morgan fingerprint density at radius 1 is 1.15 bits per heavy atom. The number of halogens is 4. The minimum atomic E-state index is -4.31. The van der Waals surface area contributed by atoms with Gasteiger partial charge in [0.05, 0.1) is 5.56 Å². The predicted molar refractivity (Wildman–Crippen MR) is 78.7 cm³/mol. The average Bonchev–Trinajstić information content (AvgIpc) is 2.31. The number of rotatable bonds is 2. The molecule has 0 aliphatic heterocycles. The summed E-state index contributed by atoms with van der Waals surface area (Å²) in [6, 6.07) is 4.26. The van der Waals surface area contributed by atoms with Gasteiger partial charge in [-0.1, -0.05) is 29.8 Å². The molecule has 1 aliphatic carbocycles. The molecule has 1 N–H and O–H groups in total. The Kier molecular flexibility index (Phi) is 4.67. The Hall–Kier alpha value is -0.710. The Morgan fingerprint density at radius 2 is 1.85 bits per heavy atom. The molecule has 2 rings (SSSR count). The van der Waals surface area contributed by atoms with Crippen molar-refractivity contribution in [2.45, 2.75) is 45.3 Å². The van der Waals surface area contributed by atoms with Gasteiger partial charge in [-0.05, 0) is 49.3 Å². The summed E-state index contributed by atoms with van der Waals surface area (Å²) in [5, 5.41) is 3.27. The molecule has 3 atom stereocenters. The first kappa shape index (κ1) is 15.7. The van der Waals surface area contributed by atoms with Crippen LogP contribution in [0.4, 0.5) is 18.9 Å². The molecule has 5 heteroatoms. The van der Waals surface area contributed by atoms with Gasteiger partial charge in [-0.25, -0.2) is 0 Å². The lowest BCUT2D eigenvalue weighted by molar-refractivity contribution is -0.137. The van der Waals surface area contributed by atoms with E-state index in [0.29, 0.717) is 22.0 Å². The lowest BCUT2D eigenvalue weighted by Gasteiger charge is -2.34. The molecule has 1 nitrogen and oxygen atoms in total. The third-order valence-electron chi connectivity index (χ3n) is 4.01. The van der Waals surface area contributed by atoms with E-state index in [2.05, 4.69) is 35.1 Å². The molecule has 0 spiro atoms. The number of alkyl halides is 3. The Balaban J connectivity index is 2.15. The van der Waals surface area contributed by atoms with E-state index >= 15 is 0 Å². The molecule has 112 valence electrons. The number of benzene rings is 1. The van der Waals surface area contributed by atoms with Crippen molar-refractivity contribution in [1.82, 2.24) is 0 Å². The highest BCUT2D eigenvalue weighted by Gasteiger charge is 2.31. The fourth-order valence-electron chi connectivity index (χ4n) is 2.93. The molecule has 0 heterocycles. The van der Waals surface area contributed by atoms with E-state index in [4.69, 9.17) is 0 Å². The molecule has 1 aliphatic rings. The van der Waals surface area contributed by atoms with Crippen molar-refractivity contribution in [2.75, 3.05) is 5.32 Å².